The van der Waals surface area contributed by atoms with Crippen LogP contribution >= 0.6 is 0 Å². The molecule has 1 N–H and O–H groups in total. The molecule has 1 heteroatoms. The first kappa shape index (κ1) is 11.7. The Morgan fingerprint density at radius 3 is 2.56 bits per heavy atom. The van der Waals surface area contributed by atoms with Gasteiger partial charge >= 0.3 is 0 Å². The molecule has 0 aliphatic heterocycles. The lowest BCUT2D eigenvalue weighted by Gasteiger charge is -2.22. The van der Waals surface area contributed by atoms with Crippen LogP contribution in [0, 0.1) is 12.8 Å². The Hall–Kier alpha value is -0.820. The van der Waals surface area contributed by atoms with Crippen LogP contribution < -0.4 is 5.32 Å². The lowest BCUT2D eigenvalue weighted by Crippen LogP contribution is -2.34. The molecule has 1 aromatic rings. The van der Waals surface area contributed by atoms with Gasteiger partial charge < -0.3 is 5.32 Å². The van der Waals surface area contributed by atoms with E-state index >= 15 is 0 Å². The monoisotopic (exact) mass is 217 g/mol. The van der Waals surface area contributed by atoms with E-state index in [4.69, 9.17) is 0 Å². The van der Waals surface area contributed by atoms with Crippen molar-refractivity contribution in [3.05, 3.63) is 35.4 Å². The zero-order chi connectivity index (χ0) is 11.5. The van der Waals surface area contributed by atoms with Gasteiger partial charge in [-0.3, -0.25) is 0 Å². The van der Waals surface area contributed by atoms with Gasteiger partial charge in [-0.15, -0.1) is 0 Å². The Morgan fingerprint density at radius 1 is 1.25 bits per heavy atom. The molecule has 0 bridgehead atoms. The highest BCUT2D eigenvalue weighted by molar-refractivity contribution is 5.26. The van der Waals surface area contributed by atoms with Crippen LogP contribution in [0.3, 0.4) is 0 Å². The number of rotatable bonds is 5. The topological polar surface area (TPSA) is 12.0 Å². The number of hydrogen-bond acceptors (Lipinski definition) is 1. The van der Waals surface area contributed by atoms with Gasteiger partial charge in [-0.2, -0.15) is 0 Å². The Bertz CT molecular complexity index is 341. The fourth-order valence-corrected chi connectivity index (χ4v) is 2.15. The minimum atomic E-state index is 0.632. The first-order valence-corrected chi connectivity index (χ1v) is 6.47. The SMILES string of the molecule is Cc1ccccc1CC(C)C(C)NC1CC1. The van der Waals surface area contributed by atoms with Gasteiger partial charge in [-0.1, -0.05) is 31.2 Å². The van der Waals surface area contributed by atoms with Crippen LogP contribution in [-0.2, 0) is 6.42 Å². The Morgan fingerprint density at radius 2 is 1.94 bits per heavy atom. The molecule has 0 heterocycles. The molecular weight excluding hydrogens is 194 g/mol. The van der Waals surface area contributed by atoms with Crippen molar-refractivity contribution >= 4 is 0 Å². The highest BCUT2D eigenvalue weighted by Gasteiger charge is 2.25. The van der Waals surface area contributed by atoms with E-state index in [0.717, 1.165) is 6.04 Å². The van der Waals surface area contributed by atoms with Gasteiger partial charge in [0.2, 0.25) is 0 Å². The summed E-state index contributed by atoms with van der Waals surface area (Å²) in [5.74, 6) is 0.710. The average molecular weight is 217 g/mol. The summed E-state index contributed by atoms with van der Waals surface area (Å²) >= 11 is 0. The first-order valence-electron chi connectivity index (χ1n) is 6.47. The van der Waals surface area contributed by atoms with Crippen molar-refractivity contribution in [1.82, 2.24) is 5.32 Å². The van der Waals surface area contributed by atoms with Crippen LogP contribution in [0.4, 0.5) is 0 Å². The molecule has 0 spiro atoms. The maximum Gasteiger partial charge on any atom is 0.00708 e. The molecule has 88 valence electrons. The molecule has 2 unspecified atom stereocenters. The van der Waals surface area contributed by atoms with E-state index in [-0.39, 0.29) is 0 Å². The predicted octanol–water partition coefficient (Wildman–Crippen LogP) is 3.31. The minimum Gasteiger partial charge on any atom is -0.311 e. The van der Waals surface area contributed by atoms with Crippen molar-refractivity contribution in [2.45, 2.75) is 52.1 Å². The van der Waals surface area contributed by atoms with E-state index < -0.39 is 0 Å². The van der Waals surface area contributed by atoms with Gasteiger partial charge in [0.1, 0.15) is 0 Å². The zero-order valence-electron chi connectivity index (χ0n) is 10.7. The van der Waals surface area contributed by atoms with Gasteiger partial charge in [0.25, 0.3) is 0 Å². The maximum absolute atomic E-state index is 3.69. The van der Waals surface area contributed by atoms with Gasteiger partial charge in [0.05, 0.1) is 0 Å². The second kappa shape index (κ2) is 5.01. The predicted molar refractivity (Wildman–Crippen MR) is 69.7 cm³/mol. The summed E-state index contributed by atoms with van der Waals surface area (Å²) < 4.78 is 0. The third-order valence-electron chi connectivity index (χ3n) is 3.73. The Labute approximate surface area is 99.3 Å². The lowest BCUT2D eigenvalue weighted by atomic mass is 9.92. The molecule has 1 aliphatic rings. The van der Waals surface area contributed by atoms with Crippen molar-refractivity contribution in [3.8, 4) is 0 Å². The van der Waals surface area contributed by atoms with E-state index in [1.165, 1.54) is 30.4 Å². The molecule has 1 fully saturated rings. The van der Waals surface area contributed by atoms with Crippen LogP contribution in [0.25, 0.3) is 0 Å². The molecule has 1 nitrogen and oxygen atoms in total. The largest absolute Gasteiger partial charge is 0.311 e. The van der Waals surface area contributed by atoms with E-state index in [9.17, 15) is 0 Å². The fourth-order valence-electron chi connectivity index (χ4n) is 2.15. The summed E-state index contributed by atoms with van der Waals surface area (Å²) in [6.45, 7) is 6.88. The molecule has 1 aromatic carbocycles. The molecule has 0 radical (unpaired) electrons. The molecule has 2 rings (SSSR count). The normalized spacial score (nSPS) is 19.4. The highest BCUT2D eigenvalue weighted by Crippen LogP contribution is 2.22. The molecule has 0 amide bonds. The van der Waals surface area contributed by atoms with Crippen molar-refractivity contribution < 1.29 is 0 Å². The van der Waals surface area contributed by atoms with Crippen LogP contribution in [0.5, 0.6) is 0 Å². The minimum absolute atomic E-state index is 0.632. The second-order valence-electron chi connectivity index (χ2n) is 5.34. The number of aryl methyl sites for hydroxylation is 1. The van der Waals surface area contributed by atoms with Crippen LogP contribution in [-0.4, -0.2) is 12.1 Å². The van der Waals surface area contributed by atoms with Crippen LogP contribution in [0.1, 0.15) is 37.8 Å². The van der Waals surface area contributed by atoms with Crippen molar-refractivity contribution in [2.75, 3.05) is 0 Å². The van der Waals surface area contributed by atoms with Gasteiger partial charge in [0.15, 0.2) is 0 Å². The summed E-state index contributed by atoms with van der Waals surface area (Å²) in [7, 11) is 0. The number of hydrogen-bond donors (Lipinski definition) is 1. The quantitative estimate of drug-likeness (QED) is 0.798. The van der Waals surface area contributed by atoms with E-state index in [2.05, 4.69) is 50.4 Å². The van der Waals surface area contributed by atoms with Crippen molar-refractivity contribution in [1.29, 1.82) is 0 Å². The molecule has 0 saturated heterocycles. The number of benzene rings is 1. The fraction of sp³-hybridized carbons (Fsp3) is 0.600. The molecular formula is C15H23N. The third-order valence-corrected chi connectivity index (χ3v) is 3.73. The molecule has 0 aromatic heterocycles. The Balaban J connectivity index is 1.90. The van der Waals surface area contributed by atoms with E-state index in [1.807, 2.05) is 0 Å². The smallest absolute Gasteiger partial charge is 0.00708 e. The van der Waals surface area contributed by atoms with Crippen molar-refractivity contribution in [2.24, 2.45) is 5.92 Å². The standard InChI is InChI=1S/C15H23N/c1-11-6-4-5-7-14(11)10-12(2)13(3)16-15-8-9-15/h4-7,12-13,15-16H,8-10H2,1-3H3. The molecule has 16 heavy (non-hydrogen) atoms. The lowest BCUT2D eigenvalue weighted by molar-refractivity contribution is 0.395. The molecule has 1 aliphatic carbocycles. The third kappa shape index (κ3) is 3.08. The average Bonchev–Trinajstić information content (AvgIpc) is 3.05. The summed E-state index contributed by atoms with van der Waals surface area (Å²) in [6, 6.07) is 10.2. The van der Waals surface area contributed by atoms with Gasteiger partial charge in [-0.05, 0) is 50.2 Å². The highest BCUT2D eigenvalue weighted by atomic mass is 15.0. The van der Waals surface area contributed by atoms with E-state index in [1.54, 1.807) is 0 Å². The number of nitrogens with one attached hydrogen (secondary N) is 1. The van der Waals surface area contributed by atoms with Crippen molar-refractivity contribution in [3.63, 3.8) is 0 Å². The molecule has 1 saturated carbocycles. The maximum atomic E-state index is 3.69. The van der Waals surface area contributed by atoms with Crippen LogP contribution in [0.2, 0.25) is 0 Å². The summed E-state index contributed by atoms with van der Waals surface area (Å²) in [4.78, 5) is 0. The van der Waals surface area contributed by atoms with Crippen LogP contribution in [0.15, 0.2) is 24.3 Å². The summed E-state index contributed by atoms with van der Waals surface area (Å²) in [5.41, 5.74) is 2.92. The Kier molecular flexibility index (Phi) is 3.65. The first-order chi connectivity index (χ1) is 7.66. The van der Waals surface area contributed by atoms with Gasteiger partial charge in [-0.25, -0.2) is 0 Å². The van der Waals surface area contributed by atoms with Gasteiger partial charge in [0, 0.05) is 12.1 Å². The van der Waals surface area contributed by atoms with E-state index in [0.29, 0.717) is 12.0 Å². The molecule has 2 atom stereocenters. The zero-order valence-corrected chi connectivity index (χ0v) is 10.7. The summed E-state index contributed by atoms with van der Waals surface area (Å²) in [6.07, 6.45) is 3.94. The second-order valence-corrected chi connectivity index (χ2v) is 5.34. The summed E-state index contributed by atoms with van der Waals surface area (Å²) in [5, 5.41) is 3.69.